The summed E-state index contributed by atoms with van der Waals surface area (Å²) in [6.45, 7) is 0. The Morgan fingerprint density at radius 3 is 1.83 bits per heavy atom. The van der Waals surface area contributed by atoms with Gasteiger partial charge in [-0.15, -0.1) is 0 Å². The molecule has 10 heteroatoms. The summed E-state index contributed by atoms with van der Waals surface area (Å²) in [5.74, 6) is -9.56. The van der Waals surface area contributed by atoms with E-state index in [0.717, 1.165) is 10.7 Å². The number of anilines is 1. The Balaban J connectivity index is 2.36. The third-order valence-electron chi connectivity index (χ3n) is 2.81. The number of alkyl halides is 3. The molecule has 0 heterocycles. The standard InChI is InChI=1S/C14H6BrF7N2/c15-7-3-1-6(2-4-7)5-23-24-13-11(18)9(16)8(14(20,21)22)10(17)12(13)19/h1-5,24H. The number of nitrogens with zero attached hydrogens (tertiary/aromatic N) is 1. The molecule has 2 aromatic rings. The second kappa shape index (κ2) is 6.80. The summed E-state index contributed by atoms with van der Waals surface area (Å²) in [6.07, 6.45) is -4.53. The number of hydrogen-bond acceptors (Lipinski definition) is 2. The molecule has 0 spiro atoms. The van der Waals surface area contributed by atoms with Gasteiger partial charge in [0.25, 0.3) is 0 Å². The molecule has 0 fully saturated rings. The number of rotatable bonds is 3. The molecule has 128 valence electrons. The van der Waals surface area contributed by atoms with E-state index < -0.39 is 40.7 Å². The topological polar surface area (TPSA) is 24.4 Å². The van der Waals surface area contributed by atoms with Crippen molar-refractivity contribution in [3.8, 4) is 0 Å². The van der Waals surface area contributed by atoms with Crippen LogP contribution in [0.25, 0.3) is 0 Å². The van der Waals surface area contributed by atoms with Gasteiger partial charge in [-0.05, 0) is 17.7 Å². The van der Waals surface area contributed by atoms with Gasteiger partial charge < -0.3 is 0 Å². The molecule has 0 aliphatic rings. The van der Waals surface area contributed by atoms with Gasteiger partial charge in [0.05, 0.1) is 6.21 Å². The van der Waals surface area contributed by atoms with E-state index in [1.165, 1.54) is 0 Å². The van der Waals surface area contributed by atoms with Gasteiger partial charge in [0.2, 0.25) is 0 Å². The van der Waals surface area contributed by atoms with Gasteiger partial charge in [0, 0.05) is 4.47 Å². The molecule has 0 aromatic heterocycles. The Hall–Kier alpha value is -2.10. The first kappa shape index (κ1) is 18.2. The molecule has 2 rings (SSSR count). The Kier molecular flexibility index (Phi) is 5.16. The first-order chi connectivity index (χ1) is 11.1. The average molecular weight is 415 g/mol. The van der Waals surface area contributed by atoms with Crippen molar-refractivity contribution in [2.24, 2.45) is 5.10 Å². The lowest BCUT2D eigenvalue weighted by atomic mass is 10.1. The Morgan fingerprint density at radius 1 is 0.875 bits per heavy atom. The molecule has 0 bridgehead atoms. The fourth-order valence-electron chi connectivity index (χ4n) is 1.70. The van der Waals surface area contributed by atoms with Gasteiger partial charge in [0.1, 0.15) is 11.3 Å². The highest BCUT2D eigenvalue weighted by molar-refractivity contribution is 9.10. The first-order valence-corrected chi connectivity index (χ1v) is 6.90. The van der Waals surface area contributed by atoms with Gasteiger partial charge >= 0.3 is 6.18 Å². The second-order valence-corrected chi connectivity index (χ2v) is 5.34. The number of hydrazone groups is 1. The van der Waals surface area contributed by atoms with Crippen LogP contribution in [0, 0.1) is 23.3 Å². The highest BCUT2D eigenvalue weighted by atomic mass is 79.9. The molecule has 2 nitrogen and oxygen atoms in total. The van der Waals surface area contributed by atoms with E-state index >= 15 is 0 Å². The smallest absolute Gasteiger partial charge is 0.272 e. The minimum atomic E-state index is -5.59. The molecule has 1 N–H and O–H groups in total. The number of halogens is 8. The molecular formula is C14H6BrF7N2. The number of nitrogens with one attached hydrogen (secondary N) is 1. The summed E-state index contributed by atoms with van der Waals surface area (Å²) in [4.78, 5) is 0. The van der Waals surface area contributed by atoms with E-state index in [0.29, 0.717) is 5.56 Å². The van der Waals surface area contributed by atoms with Crippen molar-refractivity contribution in [2.45, 2.75) is 6.18 Å². The molecule has 0 unspecified atom stereocenters. The van der Waals surface area contributed by atoms with E-state index in [1.807, 2.05) is 0 Å². The molecule has 24 heavy (non-hydrogen) atoms. The van der Waals surface area contributed by atoms with Gasteiger partial charge in [0.15, 0.2) is 23.3 Å². The molecule has 0 saturated heterocycles. The molecule has 0 saturated carbocycles. The predicted octanol–water partition coefficient (Wildman–Crippen LogP) is 5.47. The maximum Gasteiger partial charge on any atom is 0.422 e. The largest absolute Gasteiger partial charge is 0.422 e. The van der Waals surface area contributed by atoms with Gasteiger partial charge in [-0.1, -0.05) is 28.1 Å². The second-order valence-electron chi connectivity index (χ2n) is 4.43. The highest BCUT2D eigenvalue weighted by Gasteiger charge is 2.42. The summed E-state index contributed by atoms with van der Waals surface area (Å²) < 4.78 is 92.0. The fraction of sp³-hybridized carbons (Fsp3) is 0.0714. The minimum Gasteiger partial charge on any atom is -0.272 e. The lowest BCUT2D eigenvalue weighted by Crippen LogP contribution is -2.16. The van der Waals surface area contributed by atoms with Crippen LogP contribution in [-0.2, 0) is 6.18 Å². The van der Waals surface area contributed by atoms with Crippen LogP contribution in [0.1, 0.15) is 11.1 Å². The summed E-state index contributed by atoms with van der Waals surface area (Å²) in [5.41, 5.74) is -1.98. The van der Waals surface area contributed by atoms with Crippen molar-refractivity contribution in [3.05, 3.63) is 63.1 Å². The van der Waals surface area contributed by atoms with E-state index in [1.54, 1.807) is 29.7 Å². The monoisotopic (exact) mass is 414 g/mol. The summed E-state index contributed by atoms with van der Waals surface area (Å²) in [7, 11) is 0. The quantitative estimate of drug-likeness (QED) is 0.306. The Bertz CT molecular complexity index is 756. The summed E-state index contributed by atoms with van der Waals surface area (Å²) in [5, 5.41) is 3.35. The number of benzene rings is 2. The van der Waals surface area contributed by atoms with Crippen LogP contribution < -0.4 is 5.43 Å². The van der Waals surface area contributed by atoms with E-state index in [-0.39, 0.29) is 0 Å². The normalized spacial score (nSPS) is 12.0. The maximum absolute atomic E-state index is 13.6. The lowest BCUT2D eigenvalue weighted by molar-refractivity contribution is -0.143. The minimum absolute atomic E-state index is 0.458. The molecule has 0 aliphatic heterocycles. The zero-order valence-corrected chi connectivity index (χ0v) is 12.9. The summed E-state index contributed by atoms with van der Waals surface area (Å²) in [6, 6.07) is 6.35. The lowest BCUT2D eigenvalue weighted by Gasteiger charge is -2.13. The molecule has 0 atom stereocenters. The Morgan fingerprint density at radius 2 is 1.38 bits per heavy atom. The molecule has 2 aromatic carbocycles. The van der Waals surface area contributed by atoms with Crippen molar-refractivity contribution in [1.29, 1.82) is 0 Å². The summed E-state index contributed by atoms with van der Waals surface area (Å²) >= 11 is 3.17. The van der Waals surface area contributed by atoms with Gasteiger partial charge in [-0.2, -0.15) is 18.3 Å². The predicted molar refractivity (Wildman–Crippen MR) is 76.6 cm³/mol. The van der Waals surface area contributed by atoms with Crippen LogP contribution in [0.5, 0.6) is 0 Å². The van der Waals surface area contributed by atoms with Crippen LogP contribution >= 0.6 is 15.9 Å². The Labute approximate surface area is 139 Å². The van der Waals surface area contributed by atoms with Crippen LogP contribution in [0.3, 0.4) is 0 Å². The van der Waals surface area contributed by atoms with Crippen molar-refractivity contribution in [3.63, 3.8) is 0 Å². The van der Waals surface area contributed by atoms with Crippen molar-refractivity contribution >= 4 is 27.8 Å². The fourth-order valence-corrected chi connectivity index (χ4v) is 1.96. The van der Waals surface area contributed by atoms with Crippen LogP contribution in [0.15, 0.2) is 33.8 Å². The zero-order valence-electron chi connectivity index (χ0n) is 11.4. The van der Waals surface area contributed by atoms with E-state index in [2.05, 4.69) is 21.0 Å². The molecule has 0 amide bonds. The zero-order chi connectivity index (χ0) is 18.1. The maximum atomic E-state index is 13.6. The van der Waals surface area contributed by atoms with Crippen LogP contribution in [0.2, 0.25) is 0 Å². The van der Waals surface area contributed by atoms with Crippen molar-refractivity contribution in [1.82, 2.24) is 0 Å². The first-order valence-electron chi connectivity index (χ1n) is 6.10. The van der Waals surface area contributed by atoms with Crippen LogP contribution in [-0.4, -0.2) is 6.21 Å². The van der Waals surface area contributed by atoms with E-state index in [9.17, 15) is 30.7 Å². The third-order valence-corrected chi connectivity index (χ3v) is 3.34. The highest BCUT2D eigenvalue weighted by Crippen LogP contribution is 2.38. The average Bonchev–Trinajstić information content (AvgIpc) is 2.49. The van der Waals surface area contributed by atoms with Gasteiger partial charge in [-0.3, -0.25) is 5.43 Å². The number of hydrogen-bond donors (Lipinski definition) is 1. The third kappa shape index (κ3) is 3.69. The van der Waals surface area contributed by atoms with Crippen LogP contribution in [0.4, 0.5) is 36.4 Å². The molecular weight excluding hydrogens is 409 g/mol. The van der Waals surface area contributed by atoms with Crippen molar-refractivity contribution < 1.29 is 30.7 Å². The SMILES string of the molecule is Fc1c(F)c(C(F)(F)F)c(F)c(F)c1NN=Cc1ccc(Br)cc1. The van der Waals surface area contributed by atoms with E-state index in [4.69, 9.17) is 0 Å². The van der Waals surface area contributed by atoms with Gasteiger partial charge in [-0.25, -0.2) is 17.6 Å². The molecule has 0 radical (unpaired) electrons. The van der Waals surface area contributed by atoms with Crippen molar-refractivity contribution in [2.75, 3.05) is 5.43 Å². The molecule has 0 aliphatic carbocycles.